The van der Waals surface area contributed by atoms with Gasteiger partial charge in [-0.25, -0.2) is 4.68 Å². The molecule has 0 aliphatic rings. The molecule has 0 saturated carbocycles. The number of aromatic nitrogens is 3. The van der Waals surface area contributed by atoms with E-state index in [4.69, 9.17) is 0 Å². The number of hydrogen-bond acceptors (Lipinski definition) is 2. The largest absolute Gasteiger partial charge is 0.249 e. The van der Waals surface area contributed by atoms with Gasteiger partial charge in [0, 0.05) is 6.54 Å². The van der Waals surface area contributed by atoms with Crippen molar-refractivity contribution in [3.05, 3.63) is 11.9 Å². The van der Waals surface area contributed by atoms with Crippen LogP contribution in [0.5, 0.6) is 0 Å². The fourth-order valence-corrected chi connectivity index (χ4v) is 3.25. The third-order valence-corrected chi connectivity index (χ3v) is 4.85. The highest BCUT2D eigenvalue weighted by Crippen LogP contribution is 2.23. The Bertz CT molecular complexity index is 449. The second-order valence-corrected chi connectivity index (χ2v) is 10.1. The maximum absolute atomic E-state index is 4.29. The van der Waals surface area contributed by atoms with E-state index in [9.17, 15) is 0 Å². The Balaban J connectivity index is 2.10. The molecule has 3 heteroatoms. The Hall–Kier alpha value is -0.860. The average molecular weight is 350 g/mol. The van der Waals surface area contributed by atoms with Gasteiger partial charge in [-0.1, -0.05) is 85.3 Å². The summed E-state index contributed by atoms with van der Waals surface area (Å²) in [5, 5.41) is 8.42. The highest BCUT2D eigenvalue weighted by atomic mass is 15.4. The first kappa shape index (κ1) is 22.2. The Labute approximate surface area is 157 Å². The molecule has 1 rings (SSSR count). The zero-order valence-corrected chi connectivity index (χ0v) is 17.9. The van der Waals surface area contributed by atoms with Crippen molar-refractivity contribution in [3.63, 3.8) is 0 Å². The van der Waals surface area contributed by atoms with Crippen LogP contribution < -0.4 is 0 Å². The zero-order chi connectivity index (χ0) is 18.8. The van der Waals surface area contributed by atoms with Crippen LogP contribution in [0.1, 0.15) is 111 Å². The number of unbranched alkanes of at least 4 members (excludes halogenated alkanes) is 6. The van der Waals surface area contributed by atoms with Crippen molar-refractivity contribution in [3.8, 4) is 0 Å². The molecule has 1 aromatic heterocycles. The predicted molar refractivity (Wildman–Crippen MR) is 109 cm³/mol. The fourth-order valence-electron chi connectivity index (χ4n) is 3.25. The molecule has 1 aromatic rings. The van der Waals surface area contributed by atoms with Gasteiger partial charge in [-0.2, -0.15) is 0 Å². The predicted octanol–water partition coefficient (Wildman–Crippen LogP) is 6.81. The molecule has 25 heavy (non-hydrogen) atoms. The van der Waals surface area contributed by atoms with E-state index in [0.717, 1.165) is 13.0 Å². The molecule has 0 aliphatic heterocycles. The molecule has 0 radical (unpaired) electrons. The molecule has 0 saturated heterocycles. The smallest absolute Gasteiger partial charge is 0.0725 e. The lowest BCUT2D eigenvalue weighted by Crippen LogP contribution is -2.06. The van der Waals surface area contributed by atoms with Crippen LogP contribution in [0.25, 0.3) is 0 Å². The van der Waals surface area contributed by atoms with E-state index in [2.05, 4.69) is 56.5 Å². The summed E-state index contributed by atoms with van der Waals surface area (Å²) >= 11 is 0. The highest BCUT2D eigenvalue weighted by molar-refractivity contribution is 4.93. The lowest BCUT2D eigenvalue weighted by molar-refractivity contribution is 0.355. The SMILES string of the molecule is CC(C)(C)CCCCCCCn1nncc1CCCCCC(C)(C)C. The van der Waals surface area contributed by atoms with Gasteiger partial charge in [0.05, 0.1) is 11.9 Å². The molecule has 0 N–H and O–H groups in total. The number of rotatable bonds is 12. The van der Waals surface area contributed by atoms with E-state index in [-0.39, 0.29) is 0 Å². The molecule has 1 heterocycles. The second-order valence-electron chi connectivity index (χ2n) is 10.1. The molecule has 0 aromatic carbocycles. The van der Waals surface area contributed by atoms with Crippen LogP contribution in [0.3, 0.4) is 0 Å². The minimum Gasteiger partial charge on any atom is -0.249 e. The normalized spacial score (nSPS) is 12.7. The summed E-state index contributed by atoms with van der Waals surface area (Å²) < 4.78 is 2.14. The maximum Gasteiger partial charge on any atom is 0.0725 e. The quantitative estimate of drug-likeness (QED) is 0.388. The molecule has 146 valence electrons. The van der Waals surface area contributed by atoms with Crippen molar-refractivity contribution in [2.75, 3.05) is 0 Å². The molecular weight excluding hydrogens is 306 g/mol. The van der Waals surface area contributed by atoms with E-state index < -0.39 is 0 Å². The van der Waals surface area contributed by atoms with Crippen molar-refractivity contribution >= 4 is 0 Å². The number of hydrogen-bond donors (Lipinski definition) is 0. The summed E-state index contributed by atoms with van der Waals surface area (Å²) in [5.74, 6) is 0. The van der Waals surface area contributed by atoms with Gasteiger partial charge < -0.3 is 0 Å². The molecule has 0 bridgehead atoms. The zero-order valence-electron chi connectivity index (χ0n) is 17.9. The van der Waals surface area contributed by atoms with Crippen LogP contribution in [0, 0.1) is 10.8 Å². The average Bonchev–Trinajstić information content (AvgIpc) is 2.91. The van der Waals surface area contributed by atoms with Gasteiger partial charge in [0.2, 0.25) is 0 Å². The van der Waals surface area contributed by atoms with Crippen molar-refractivity contribution in [1.29, 1.82) is 0 Å². The minimum atomic E-state index is 0.468. The summed E-state index contributed by atoms with van der Waals surface area (Å²) in [6.07, 6.45) is 16.3. The Morgan fingerprint density at radius 2 is 1.24 bits per heavy atom. The van der Waals surface area contributed by atoms with E-state index in [1.54, 1.807) is 0 Å². The van der Waals surface area contributed by atoms with E-state index in [1.807, 2.05) is 6.20 Å². The van der Waals surface area contributed by atoms with Crippen LogP contribution >= 0.6 is 0 Å². The summed E-state index contributed by atoms with van der Waals surface area (Å²) in [7, 11) is 0. The van der Waals surface area contributed by atoms with Crippen molar-refractivity contribution in [2.24, 2.45) is 10.8 Å². The molecule has 0 atom stereocenters. The van der Waals surface area contributed by atoms with Crippen molar-refractivity contribution in [1.82, 2.24) is 15.0 Å². The van der Waals surface area contributed by atoms with Gasteiger partial charge >= 0.3 is 0 Å². The molecular formula is C22H43N3. The van der Waals surface area contributed by atoms with Gasteiger partial charge in [-0.3, -0.25) is 0 Å². The van der Waals surface area contributed by atoms with Gasteiger partial charge in [0.1, 0.15) is 0 Å². The summed E-state index contributed by atoms with van der Waals surface area (Å²) in [4.78, 5) is 0. The second kappa shape index (κ2) is 11.0. The monoisotopic (exact) mass is 349 g/mol. The van der Waals surface area contributed by atoms with Crippen molar-refractivity contribution in [2.45, 2.75) is 119 Å². The highest BCUT2D eigenvalue weighted by Gasteiger charge is 2.10. The lowest BCUT2D eigenvalue weighted by Gasteiger charge is -2.17. The molecule has 0 amide bonds. The van der Waals surface area contributed by atoms with Crippen molar-refractivity contribution < 1.29 is 0 Å². The molecule has 0 unspecified atom stereocenters. The third kappa shape index (κ3) is 12.2. The van der Waals surface area contributed by atoms with Gasteiger partial charge in [0.25, 0.3) is 0 Å². The number of nitrogens with zero attached hydrogens (tertiary/aromatic N) is 3. The van der Waals surface area contributed by atoms with Gasteiger partial charge in [-0.05, 0) is 42.9 Å². The Kier molecular flexibility index (Phi) is 9.74. The summed E-state index contributed by atoms with van der Waals surface area (Å²) in [5.41, 5.74) is 2.28. The first-order chi connectivity index (χ1) is 11.7. The van der Waals surface area contributed by atoms with Crippen LogP contribution in [0.4, 0.5) is 0 Å². The first-order valence-corrected chi connectivity index (χ1v) is 10.5. The van der Waals surface area contributed by atoms with Crippen LogP contribution in [0.2, 0.25) is 0 Å². The van der Waals surface area contributed by atoms with E-state index in [0.29, 0.717) is 10.8 Å². The third-order valence-electron chi connectivity index (χ3n) is 4.85. The number of aryl methyl sites for hydroxylation is 2. The van der Waals surface area contributed by atoms with Crippen LogP contribution in [-0.2, 0) is 13.0 Å². The van der Waals surface area contributed by atoms with Crippen LogP contribution in [-0.4, -0.2) is 15.0 Å². The Morgan fingerprint density at radius 1 is 0.720 bits per heavy atom. The lowest BCUT2D eigenvalue weighted by atomic mass is 9.89. The molecule has 0 fully saturated rings. The Morgan fingerprint density at radius 3 is 1.84 bits per heavy atom. The molecule has 0 aliphatic carbocycles. The topological polar surface area (TPSA) is 30.7 Å². The first-order valence-electron chi connectivity index (χ1n) is 10.5. The van der Waals surface area contributed by atoms with E-state index in [1.165, 1.54) is 69.9 Å². The maximum atomic E-state index is 4.29. The standard InChI is InChI=1S/C22H43N3/c1-21(2,3)16-12-8-7-9-14-18-25-20(19-23-24-25)15-11-10-13-17-22(4,5)6/h19H,7-18H2,1-6H3. The fraction of sp³-hybridized carbons (Fsp3) is 0.909. The summed E-state index contributed by atoms with van der Waals surface area (Å²) in [6, 6.07) is 0. The molecule has 0 spiro atoms. The van der Waals surface area contributed by atoms with E-state index >= 15 is 0 Å². The van der Waals surface area contributed by atoms with Gasteiger partial charge in [-0.15, -0.1) is 5.10 Å². The van der Waals surface area contributed by atoms with Crippen LogP contribution in [0.15, 0.2) is 6.20 Å². The molecule has 3 nitrogen and oxygen atoms in total. The summed E-state index contributed by atoms with van der Waals surface area (Å²) in [6.45, 7) is 15.0. The van der Waals surface area contributed by atoms with Gasteiger partial charge in [0.15, 0.2) is 0 Å². The minimum absolute atomic E-state index is 0.468.